The zero-order valence-corrected chi connectivity index (χ0v) is 12.8. The van der Waals surface area contributed by atoms with Gasteiger partial charge in [-0.15, -0.1) is 0 Å². The molecule has 0 spiro atoms. The highest BCUT2D eigenvalue weighted by Gasteiger charge is 2.55. The fraction of sp³-hybridized carbons (Fsp3) is 0.529. The zero-order valence-electron chi connectivity index (χ0n) is 12.8. The number of hydrogen-bond acceptors (Lipinski definition) is 3. The fourth-order valence-electron chi connectivity index (χ4n) is 3.73. The van der Waals surface area contributed by atoms with Gasteiger partial charge in [0.25, 0.3) is 0 Å². The quantitative estimate of drug-likeness (QED) is 0.895. The summed E-state index contributed by atoms with van der Waals surface area (Å²) in [6.45, 7) is 3.98. The average Bonchev–Trinajstić information content (AvgIpc) is 3.09. The molecule has 2 aliphatic heterocycles. The van der Waals surface area contributed by atoms with Crippen LogP contribution < -0.4 is 5.32 Å². The van der Waals surface area contributed by atoms with Gasteiger partial charge in [0.1, 0.15) is 0 Å². The summed E-state index contributed by atoms with van der Waals surface area (Å²) < 4.78 is 5.66. The lowest BCUT2D eigenvalue weighted by Gasteiger charge is -2.24. The summed E-state index contributed by atoms with van der Waals surface area (Å²) >= 11 is 0. The van der Waals surface area contributed by atoms with E-state index in [1.54, 1.807) is 0 Å². The Morgan fingerprint density at radius 2 is 1.95 bits per heavy atom. The first kappa shape index (κ1) is 15.0. The van der Waals surface area contributed by atoms with E-state index in [0.717, 1.165) is 36.1 Å². The Kier molecular flexibility index (Phi) is 3.91. The van der Waals surface area contributed by atoms with Crippen LogP contribution in [-0.2, 0) is 20.7 Å². The number of para-hydroxylation sites is 1. The summed E-state index contributed by atoms with van der Waals surface area (Å²) in [5, 5.41) is 12.4. The molecule has 0 unspecified atom stereocenters. The zero-order chi connectivity index (χ0) is 15.9. The third-order valence-electron chi connectivity index (χ3n) is 4.85. The van der Waals surface area contributed by atoms with Gasteiger partial charge >= 0.3 is 5.97 Å². The van der Waals surface area contributed by atoms with E-state index in [0.29, 0.717) is 0 Å². The first-order valence-electron chi connectivity index (χ1n) is 7.80. The van der Waals surface area contributed by atoms with Gasteiger partial charge in [-0.05, 0) is 37.3 Å². The van der Waals surface area contributed by atoms with Crippen molar-refractivity contribution in [2.24, 2.45) is 11.8 Å². The second-order valence-corrected chi connectivity index (χ2v) is 6.13. The number of amides is 1. The van der Waals surface area contributed by atoms with Gasteiger partial charge < -0.3 is 15.2 Å². The molecule has 4 atom stereocenters. The van der Waals surface area contributed by atoms with Crippen molar-refractivity contribution in [1.29, 1.82) is 0 Å². The molecular weight excluding hydrogens is 282 g/mol. The summed E-state index contributed by atoms with van der Waals surface area (Å²) in [6, 6.07) is 5.89. The van der Waals surface area contributed by atoms with E-state index in [1.165, 1.54) is 0 Å². The monoisotopic (exact) mass is 303 g/mol. The predicted molar refractivity (Wildman–Crippen MR) is 81.7 cm³/mol. The number of carboxylic acids is 1. The van der Waals surface area contributed by atoms with Crippen molar-refractivity contribution < 1.29 is 19.4 Å². The Hall–Kier alpha value is -1.88. The van der Waals surface area contributed by atoms with E-state index in [2.05, 4.69) is 5.32 Å². The van der Waals surface area contributed by atoms with Crippen LogP contribution in [-0.4, -0.2) is 29.2 Å². The molecule has 0 aliphatic carbocycles. The molecule has 5 heteroatoms. The van der Waals surface area contributed by atoms with Crippen LogP contribution in [0.25, 0.3) is 0 Å². The molecule has 5 nitrogen and oxygen atoms in total. The molecule has 0 aromatic heterocycles. The van der Waals surface area contributed by atoms with E-state index in [-0.39, 0.29) is 18.1 Å². The summed E-state index contributed by atoms with van der Waals surface area (Å²) in [5.74, 6) is -2.50. The normalized spacial score (nSPS) is 29.5. The molecule has 2 bridgehead atoms. The fourth-order valence-corrected chi connectivity index (χ4v) is 3.73. The summed E-state index contributed by atoms with van der Waals surface area (Å²) in [5.41, 5.74) is 2.86. The van der Waals surface area contributed by atoms with Crippen molar-refractivity contribution in [3.63, 3.8) is 0 Å². The van der Waals surface area contributed by atoms with E-state index in [4.69, 9.17) is 4.74 Å². The molecular formula is C17H21NO4. The maximum atomic E-state index is 12.7. The first-order chi connectivity index (χ1) is 10.5. The lowest BCUT2D eigenvalue weighted by Crippen LogP contribution is -2.41. The number of aryl methyl sites for hydroxylation is 2. The van der Waals surface area contributed by atoms with Crippen molar-refractivity contribution >= 4 is 17.6 Å². The molecule has 2 saturated heterocycles. The smallest absolute Gasteiger partial charge is 0.310 e. The largest absolute Gasteiger partial charge is 0.481 e. The number of carboxylic acid groups (broad SMARTS) is 1. The van der Waals surface area contributed by atoms with Gasteiger partial charge in [0.2, 0.25) is 5.91 Å². The number of ether oxygens (including phenoxy) is 1. The Morgan fingerprint density at radius 1 is 1.27 bits per heavy atom. The van der Waals surface area contributed by atoms with Crippen LogP contribution in [0.5, 0.6) is 0 Å². The number of hydrogen-bond donors (Lipinski definition) is 2. The molecule has 1 aromatic carbocycles. The standard InChI is InChI=1S/C17H21NO4/c1-3-10-6-4-5-9(2)15(10)18-16(19)13-11-7-8-12(22-11)14(13)17(20)21/h4-6,11-14H,3,7-8H2,1-2H3,(H,18,19)(H,20,21)/t11-,12-,13-,14-/m1/s1. The number of benzene rings is 1. The Bertz CT molecular complexity index is 613. The maximum Gasteiger partial charge on any atom is 0.310 e. The Labute approximate surface area is 129 Å². The lowest BCUT2D eigenvalue weighted by atomic mass is 9.78. The summed E-state index contributed by atoms with van der Waals surface area (Å²) in [4.78, 5) is 24.2. The molecule has 0 radical (unpaired) electrons. The Balaban J connectivity index is 1.84. The molecule has 0 saturated carbocycles. The minimum Gasteiger partial charge on any atom is -0.481 e. The number of rotatable bonds is 4. The van der Waals surface area contributed by atoms with Crippen LogP contribution in [0.15, 0.2) is 18.2 Å². The highest BCUT2D eigenvalue weighted by Crippen LogP contribution is 2.44. The second-order valence-electron chi connectivity index (χ2n) is 6.13. The predicted octanol–water partition coefficient (Wildman–Crippen LogP) is 2.37. The van der Waals surface area contributed by atoms with Crippen molar-refractivity contribution in [1.82, 2.24) is 0 Å². The molecule has 2 fully saturated rings. The number of anilines is 1. The highest BCUT2D eigenvalue weighted by molar-refractivity contribution is 5.97. The maximum absolute atomic E-state index is 12.7. The van der Waals surface area contributed by atoms with Crippen molar-refractivity contribution in [2.45, 2.75) is 45.3 Å². The summed E-state index contributed by atoms with van der Waals surface area (Å²) in [6.07, 6.45) is 1.73. The van der Waals surface area contributed by atoms with Crippen LogP contribution in [0.2, 0.25) is 0 Å². The Morgan fingerprint density at radius 3 is 2.59 bits per heavy atom. The van der Waals surface area contributed by atoms with Gasteiger partial charge in [0.05, 0.1) is 24.0 Å². The van der Waals surface area contributed by atoms with Crippen LogP contribution in [0.1, 0.15) is 30.9 Å². The number of carbonyl (C=O) groups is 2. The van der Waals surface area contributed by atoms with E-state index in [1.807, 2.05) is 32.0 Å². The van der Waals surface area contributed by atoms with Crippen molar-refractivity contribution in [3.05, 3.63) is 29.3 Å². The van der Waals surface area contributed by atoms with E-state index >= 15 is 0 Å². The molecule has 22 heavy (non-hydrogen) atoms. The van der Waals surface area contributed by atoms with Gasteiger partial charge in [0, 0.05) is 5.69 Å². The van der Waals surface area contributed by atoms with Crippen LogP contribution >= 0.6 is 0 Å². The molecule has 2 aliphatic rings. The van der Waals surface area contributed by atoms with Crippen LogP contribution in [0.3, 0.4) is 0 Å². The number of carbonyl (C=O) groups excluding carboxylic acids is 1. The van der Waals surface area contributed by atoms with Gasteiger partial charge in [-0.2, -0.15) is 0 Å². The van der Waals surface area contributed by atoms with E-state index in [9.17, 15) is 14.7 Å². The van der Waals surface area contributed by atoms with Gasteiger partial charge in [-0.1, -0.05) is 25.1 Å². The van der Waals surface area contributed by atoms with Gasteiger partial charge in [-0.25, -0.2) is 0 Å². The molecule has 2 heterocycles. The van der Waals surface area contributed by atoms with Crippen molar-refractivity contribution in [3.8, 4) is 0 Å². The minimum atomic E-state index is -0.937. The van der Waals surface area contributed by atoms with Crippen molar-refractivity contribution in [2.75, 3.05) is 5.32 Å². The number of aliphatic carboxylic acids is 1. The van der Waals surface area contributed by atoms with Crippen LogP contribution in [0.4, 0.5) is 5.69 Å². The molecule has 3 rings (SSSR count). The van der Waals surface area contributed by atoms with Gasteiger partial charge in [-0.3, -0.25) is 9.59 Å². The first-order valence-corrected chi connectivity index (χ1v) is 7.80. The molecule has 2 N–H and O–H groups in total. The van der Waals surface area contributed by atoms with E-state index < -0.39 is 17.8 Å². The second kappa shape index (κ2) is 5.72. The minimum absolute atomic E-state index is 0.233. The topological polar surface area (TPSA) is 75.6 Å². The third-order valence-corrected chi connectivity index (χ3v) is 4.85. The molecule has 118 valence electrons. The molecule has 1 amide bonds. The third kappa shape index (κ3) is 2.39. The molecule has 1 aromatic rings. The van der Waals surface area contributed by atoms with Gasteiger partial charge in [0.15, 0.2) is 0 Å². The average molecular weight is 303 g/mol. The number of fused-ring (bicyclic) bond motifs is 2. The highest BCUT2D eigenvalue weighted by atomic mass is 16.5. The SMILES string of the molecule is CCc1cccc(C)c1NC(=O)[C@H]1[C@H](C(=O)O)[C@H]2CC[C@H]1O2. The summed E-state index contributed by atoms with van der Waals surface area (Å²) in [7, 11) is 0. The lowest BCUT2D eigenvalue weighted by molar-refractivity contribution is -0.147. The van der Waals surface area contributed by atoms with Crippen LogP contribution in [0, 0.1) is 18.8 Å². The number of nitrogens with one attached hydrogen (secondary N) is 1.